The van der Waals surface area contributed by atoms with E-state index in [2.05, 4.69) is 4.99 Å². The van der Waals surface area contributed by atoms with Crippen LogP contribution < -0.4 is 4.74 Å². The van der Waals surface area contributed by atoms with Gasteiger partial charge in [-0.1, -0.05) is 6.08 Å². The van der Waals surface area contributed by atoms with Gasteiger partial charge in [-0.05, 0) is 31.6 Å². The molecule has 1 heterocycles. The van der Waals surface area contributed by atoms with Gasteiger partial charge in [0.15, 0.2) is 0 Å². The van der Waals surface area contributed by atoms with E-state index in [4.69, 9.17) is 9.47 Å². The first kappa shape index (κ1) is 18.3. The Morgan fingerprint density at radius 3 is 2.62 bits per heavy atom. The van der Waals surface area contributed by atoms with Crippen LogP contribution in [0.1, 0.15) is 18.1 Å². The molecule has 0 N–H and O–H groups in total. The maximum absolute atomic E-state index is 13.7. The van der Waals surface area contributed by atoms with E-state index in [1.54, 1.807) is 13.3 Å². The summed E-state index contributed by atoms with van der Waals surface area (Å²) >= 11 is 0. The fourth-order valence-corrected chi connectivity index (χ4v) is 2.46. The van der Waals surface area contributed by atoms with Gasteiger partial charge in [0.25, 0.3) is 0 Å². The summed E-state index contributed by atoms with van der Waals surface area (Å²) in [5.74, 6) is 0.0933. The van der Waals surface area contributed by atoms with Crippen LogP contribution in [0.25, 0.3) is 0 Å². The molecule has 0 bridgehead atoms. The number of nitrogens with zero attached hydrogens (tertiary/aromatic N) is 2. The zero-order valence-electron chi connectivity index (χ0n) is 14.1. The quantitative estimate of drug-likeness (QED) is 0.461. The number of hydrogen-bond donors (Lipinski definition) is 0. The summed E-state index contributed by atoms with van der Waals surface area (Å²) in [6, 6.07) is 2.94. The third kappa shape index (κ3) is 3.26. The molecule has 0 radical (unpaired) electrons. The van der Waals surface area contributed by atoms with E-state index in [-0.39, 0.29) is 17.9 Å². The van der Waals surface area contributed by atoms with Crippen molar-refractivity contribution >= 4 is 12.0 Å². The highest BCUT2D eigenvalue weighted by Gasteiger charge is 2.58. The molecule has 1 aliphatic rings. The van der Waals surface area contributed by atoms with Crippen molar-refractivity contribution in [2.75, 3.05) is 27.3 Å². The van der Waals surface area contributed by atoms with Crippen LogP contribution in [0.2, 0.25) is 0 Å². The van der Waals surface area contributed by atoms with E-state index in [1.807, 2.05) is 18.9 Å². The summed E-state index contributed by atoms with van der Waals surface area (Å²) in [5, 5.41) is 0. The lowest BCUT2D eigenvalue weighted by atomic mass is 9.90. The molecule has 0 saturated heterocycles. The van der Waals surface area contributed by atoms with Crippen LogP contribution in [0.3, 0.4) is 0 Å². The smallest absolute Gasteiger partial charge is 0.425 e. The molecule has 0 amide bonds. The van der Waals surface area contributed by atoms with Crippen LogP contribution in [0.4, 0.5) is 18.9 Å². The molecule has 2 rings (SSSR count). The van der Waals surface area contributed by atoms with Crippen molar-refractivity contribution < 1.29 is 22.6 Å². The van der Waals surface area contributed by atoms with E-state index in [0.717, 1.165) is 12.6 Å². The zero-order chi connectivity index (χ0) is 18.0. The van der Waals surface area contributed by atoms with E-state index in [1.165, 1.54) is 25.3 Å². The van der Waals surface area contributed by atoms with Crippen molar-refractivity contribution in [2.24, 2.45) is 4.99 Å². The Morgan fingerprint density at radius 1 is 1.42 bits per heavy atom. The third-order valence-electron chi connectivity index (χ3n) is 3.99. The molecule has 1 aromatic rings. The fraction of sp³-hybridized carbons (Fsp3) is 0.471. The highest BCUT2D eigenvalue weighted by molar-refractivity contribution is 5.65. The second-order valence-corrected chi connectivity index (χ2v) is 5.60. The minimum Gasteiger partial charge on any atom is -0.496 e. The molecule has 1 aliphatic heterocycles. The molecule has 0 spiro atoms. The summed E-state index contributed by atoms with van der Waals surface area (Å²) in [6.45, 7) is 4.36. The van der Waals surface area contributed by atoms with Crippen LogP contribution >= 0.6 is 0 Å². The number of halogens is 3. The van der Waals surface area contributed by atoms with Gasteiger partial charge in [0.2, 0.25) is 5.60 Å². The number of benzene rings is 1. The van der Waals surface area contributed by atoms with Crippen LogP contribution in [0.15, 0.2) is 29.3 Å². The highest BCUT2D eigenvalue weighted by Crippen LogP contribution is 2.49. The summed E-state index contributed by atoms with van der Waals surface area (Å²) in [6.07, 6.45) is -0.553. The van der Waals surface area contributed by atoms with Gasteiger partial charge in [0, 0.05) is 25.2 Å². The lowest BCUT2D eigenvalue weighted by molar-refractivity contribution is -0.255. The summed E-state index contributed by atoms with van der Waals surface area (Å²) in [4.78, 5) is 6.18. The van der Waals surface area contributed by atoms with E-state index in [0.29, 0.717) is 11.3 Å². The Balaban J connectivity index is 2.54. The Morgan fingerprint density at radius 2 is 2.12 bits per heavy atom. The molecule has 132 valence electrons. The average Bonchev–Trinajstić information content (AvgIpc) is 3.03. The first-order valence-electron chi connectivity index (χ1n) is 7.57. The molecular weight excluding hydrogens is 321 g/mol. The number of rotatable bonds is 5. The average molecular weight is 342 g/mol. The van der Waals surface area contributed by atoms with Crippen LogP contribution in [0, 0.1) is 6.92 Å². The molecule has 24 heavy (non-hydrogen) atoms. The Kier molecular flexibility index (Phi) is 5.22. The Hall–Kier alpha value is -2.02. The van der Waals surface area contributed by atoms with Crippen molar-refractivity contribution in [3.05, 3.63) is 35.4 Å². The maximum Gasteiger partial charge on any atom is 0.425 e. The minimum atomic E-state index is -4.59. The van der Waals surface area contributed by atoms with Crippen molar-refractivity contribution in [2.45, 2.75) is 25.6 Å². The lowest BCUT2D eigenvalue weighted by Crippen LogP contribution is -2.41. The second-order valence-electron chi connectivity index (χ2n) is 5.60. The molecule has 4 nitrogen and oxygen atoms in total. The number of hydrogen-bond acceptors (Lipinski definition) is 3. The van der Waals surface area contributed by atoms with E-state index in [9.17, 15) is 13.2 Å². The Bertz CT molecular complexity index is 656. The normalized spacial score (nSPS) is 20.8. The molecule has 1 atom stereocenters. The standard InChI is InChI=1S/C17H21F3N2O2/c1-5-22(3)11-21-14-10-15(23-4)13(9-12(14)2)16(17(18,19)20)7-6-8-24-16/h6-7,9-11H,5,8H2,1-4H3. The molecular formula is C17H21F3N2O2. The number of methoxy groups -OCH3 is 1. The van der Waals surface area contributed by atoms with Gasteiger partial charge in [-0.3, -0.25) is 0 Å². The molecule has 0 fully saturated rings. The predicted octanol–water partition coefficient (Wildman–Crippen LogP) is 3.96. The number of aliphatic imine (C=N–C) groups is 1. The Labute approximate surface area is 139 Å². The van der Waals surface area contributed by atoms with Gasteiger partial charge in [-0.15, -0.1) is 0 Å². The van der Waals surface area contributed by atoms with Crippen LogP contribution in [-0.4, -0.2) is 44.7 Å². The minimum absolute atomic E-state index is 0.0634. The maximum atomic E-state index is 13.7. The summed E-state index contributed by atoms with van der Waals surface area (Å²) in [7, 11) is 3.20. The van der Waals surface area contributed by atoms with Crippen molar-refractivity contribution in [3.63, 3.8) is 0 Å². The topological polar surface area (TPSA) is 34.1 Å². The van der Waals surface area contributed by atoms with Crippen molar-refractivity contribution in [3.8, 4) is 5.75 Å². The molecule has 1 unspecified atom stereocenters. The third-order valence-corrected chi connectivity index (χ3v) is 3.99. The zero-order valence-corrected chi connectivity index (χ0v) is 14.1. The second kappa shape index (κ2) is 6.84. The van der Waals surface area contributed by atoms with Gasteiger partial charge >= 0.3 is 6.18 Å². The number of aryl methyl sites for hydroxylation is 1. The van der Waals surface area contributed by atoms with Gasteiger partial charge < -0.3 is 14.4 Å². The van der Waals surface area contributed by atoms with E-state index >= 15 is 0 Å². The van der Waals surface area contributed by atoms with E-state index < -0.39 is 11.8 Å². The van der Waals surface area contributed by atoms with Crippen LogP contribution in [-0.2, 0) is 10.3 Å². The van der Waals surface area contributed by atoms with Gasteiger partial charge in [0.05, 0.1) is 25.7 Å². The molecule has 0 aromatic heterocycles. The van der Waals surface area contributed by atoms with Crippen molar-refractivity contribution in [1.82, 2.24) is 4.90 Å². The molecule has 0 aliphatic carbocycles. The fourth-order valence-electron chi connectivity index (χ4n) is 2.46. The van der Waals surface area contributed by atoms with Gasteiger partial charge in [-0.2, -0.15) is 13.2 Å². The lowest BCUT2D eigenvalue weighted by Gasteiger charge is -2.31. The number of ether oxygens (including phenoxy) is 2. The molecule has 0 saturated carbocycles. The van der Waals surface area contributed by atoms with Gasteiger partial charge in [0.1, 0.15) is 5.75 Å². The SMILES string of the molecule is CCN(C)C=Nc1cc(OC)c(C2(C(F)(F)F)C=CCO2)cc1C. The highest BCUT2D eigenvalue weighted by atomic mass is 19.4. The summed E-state index contributed by atoms with van der Waals surface area (Å²) in [5.41, 5.74) is -1.38. The van der Waals surface area contributed by atoms with Crippen molar-refractivity contribution in [1.29, 1.82) is 0 Å². The first-order valence-corrected chi connectivity index (χ1v) is 7.57. The van der Waals surface area contributed by atoms with Crippen LogP contribution in [0.5, 0.6) is 5.75 Å². The van der Waals surface area contributed by atoms with Gasteiger partial charge in [-0.25, -0.2) is 4.99 Å². The summed E-state index contributed by atoms with van der Waals surface area (Å²) < 4.78 is 51.3. The first-order chi connectivity index (χ1) is 11.2. The largest absolute Gasteiger partial charge is 0.496 e. The number of alkyl halides is 3. The predicted molar refractivity (Wildman–Crippen MR) is 87.0 cm³/mol. The molecule has 7 heteroatoms. The monoisotopic (exact) mass is 342 g/mol. The molecule has 1 aromatic carbocycles.